The summed E-state index contributed by atoms with van der Waals surface area (Å²) in [6.07, 6.45) is 6.42. The first-order valence-corrected chi connectivity index (χ1v) is 6.84. The highest BCUT2D eigenvalue weighted by atomic mass is 35.5. The Morgan fingerprint density at radius 1 is 1.24 bits per heavy atom. The van der Waals surface area contributed by atoms with E-state index in [4.69, 9.17) is 23.2 Å². The van der Waals surface area contributed by atoms with Crippen molar-refractivity contribution in [3.63, 3.8) is 0 Å². The Balaban J connectivity index is 0.00000108. The quantitative estimate of drug-likeness (QED) is 0.580. The molecule has 0 amide bonds. The SMILES string of the molecule is C[C@]12CCC[C@@H]1c1ccc(Cl)c(Cl)c1CC2.Cl. The van der Waals surface area contributed by atoms with E-state index in [0.717, 1.165) is 11.4 Å². The second-order valence-corrected chi connectivity index (χ2v) is 6.31. The molecular weight excluding hydrogens is 275 g/mol. The molecule has 0 heterocycles. The summed E-state index contributed by atoms with van der Waals surface area (Å²) in [7, 11) is 0. The minimum Gasteiger partial charge on any atom is -0.147 e. The lowest BCUT2D eigenvalue weighted by Gasteiger charge is -2.38. The zero-order valence-corrected chi connectivity index (χ0v) is 12.3. The van der Waals surface area contributed by atoms with Crippen LogP contribution in [0.3, 0.4) is 0 Å². The fourth-order valence-corrected chi connectivity index (χ4v) is 4.11. The van der Waals surface area contributed by atoms with Crippen molar-refractivity contribution in [2.75, 3.05) is 0 Å². The van der Waals surface area contributed by atoms with Crippen molar-refractivity contribution >= 4 is 35.6 Å². The van der Waals surface area contributed by atoms with E-state index in [-0.39, 0.29) is 12.4 Å². The van der Waals surface area contributed by atoms with E-state index in [9.17, 15) is 0 Å². The summed E-state index contributed by atoms with van der Waals surface area (Å²) in [5.41, 5.74) is 3.31. The topological polar surface area (TPSA) is 0 Å². The van der Waals surface area contributed by atoms with Gasteiger partial charge in [0.05, 0.1) is 10.0 Å². The van der Waals surface area contributed by atoms with E-state index < -0.39 is 0 Å². The molecular formula is C14H17Cl3. The molecule has 0 N–H and O–H groups in total. The molecule has 0 aliphatic heterocycles. The predicted molar refractivity (Wildman–Crippen MR) is 76.7 cm³/mol. The maximum atomic E-state index is 6.32. The van der Waals surface area contributed by atoms with Crippen molar-refractivity contribution in [1.82, 2.24) is 0 Å². The van der Waals surface area contributed by atoms with Crippen LogP contribution in [0.5, 0.6) is 0 Å². The Labute approximate surface area is 119 Å². The van der Waals surface area contributed by atoms with E-state index in [0.29, 0.717) is 16.4 Å². The summed E-state index contributed by atoms with van der Waals surface area (Å²) in [4.78, 5) is 0. The van der Waals surface area contributed by atoms with Crippen LogP contribution in [0.2, 0.25) is 10.0 Å². The highest BCUT2D eigenvalue weighted by molar-refractivity contribution is 6.42. The van der Waals surface area contributed by atoms with Gasteiger partial charge >= 0.3 is 0 Å². The minimum absolute atomic E-state index is 0. The molecule has 0 aromatic heterocycles. The van der Waals surface area contributed by atoms with Gasteiger partial charge in [-0.05, 0) is 54.2 Å². The number of hydrogen-bond donors (Lipinski definition) is 0. The van der Waals surface area contributed by atoms with Crippen LogP contribution in [0.1, 0.15) is 49.7 Å². The van der Waals surface area contributed by atoms with Crippen LogP contribution in [-0.4, -0.2) is 0 Å². The molecule has 0 radical (unpaired) electrons. The molecule has 2 atom stereocenters. The molecule has 0 spiro atoms. The van der Waals surface area contributed by atoms with Crippen LogP contribution in [0, 0.1) is 5.41 Å². The first kappa shape index (κ1) is 13.5. The molecule has 0 nitrogen and oxygen atoms in total. The van der Waals surface area contributed by atoms with Crippen LogP contribution in [0.15, 0.2) is 12.1 Å². The van der Waals surface area contributed by atoms with Crippen molar-refractivity contribution < 1.29 is 0 Å². The summed E-state index contributed by atoms with van der Waals surface area (Å²) in [5.74, 6) is 0.714. The van der Waals surface area contributed by atoms with E-state index in [1.54, 1.807) is 0 Å². The zero-order chi connectivity index (χ0) is 11.3. The number of halogens is 3. The predicted octanol–water partition coefficient (Wildman–Crippen LogP) is 5.64. The highest BCUT2D eigenvalue weighted by Crippen LogP contribution is 2.56. The van der Waals surface area contributed by atoms with Gasteiger partial charge in [-0.25, -0.2) is 0 Å². The lowest BCUT2D eigenvalue weighted by Crippen LogP contribution is -2.26. The molecule has 1 aromatic carbocycles. The molecule has 94 valence electrons. The van der Waals surface area contributed by atoms with Gasteiger partial charge < -0.3 is 0 Å². The van der Waals surface area contributed by atoms with Gasteiger partial charge in [0.2, 0.25) is 0 Å². The van der Waals surface area contributed by atoms with Gasteiger partial charge in [-0.2, -0.15) is 0 Å². The maximum absolute atomic E-state index is 6.32. The molecule has 1 aromatic rings. The van der Waals surface area contributed by atoms with E-state index in [1.807, 2.05) is 6.07 Å². The lowest BCUT2D eigenvalue weighted by molar-refractivity contribution is 0.252. The Bertz CT molecular complexity index is 441. The second-order valence-electron chi connectivity index (χ2n) is 5.53. The van der Waals surface area contributed by atoms with Gasteiger partial charge in [0.25, 0.3) is 0 Å². The first-order valence-electron chi connectivity index (χ1n) is 6.08. The number of benzene rings is 1. The highest BCUT2D eigenvalue weighted by Gasteiger charge is 2.43. The van der Waals surface area contributed by atoms with Crippen molar-refractivity contribution in [2.45, 2.75) is 44.9 Å². The molecule has 0 bridgehead atoms. The number of hydrogen-bond acceptors (Lipinski definition) is 0. The molecule has 3 rings (SSSR count). The van der Waals surface area contributed by atoms with Crippen molar-refractivity contribution in [1.29, 1.82) is 0 Å². The molecule has 0 unspecified atom stereocenters. The summed E-state index contributed by atoms with van der Waals surface area (Å²) in [5, 5.41) is 1.51. The van der Waals surface area contributed by atoms with Gasteiger partial charge in [0.1, 0.15) is 0 Å². The van der Waals surface area contributed by atoms with Gasteiger partial charge in [-0.3, -0.25) is 0 Å². The van der Waals surface area contributed by atoms with E-state index in [2.05, 4.69) is 13.0 Å². The Hall–Kier alpha value is 0.0900. The van der Waals surface area contributed by atoms with Crippen LogP contribution in [-0.2, 0) is 6.42 Å². The van der Waals surface area contributed by atoms with Gasteiger partial charge in [0.15, 0.2) is 0 Å². The summed E-state index contributed by atoms with van der Waals surface area (Å²) < 4.78 is 0. The zero-order valence-electron chi connectivity index (χ0n) is 9.93. The van der Waals surface area contributed by atoms with Crippen LogP contribution < -0.4 is 0 Å². The molecule has 2 aliphatic rings. The Kier molecular flexibility index (Phi) is 3.69. The minimum atomic E-state index is 0. The maximum Gasteiger partial charge on any atom is 0.0627 e. The third kappa shape index (κ3) is 1.99. The standard InChI is InChI=1S/C14H16Cl2.ClH/c1-14-7-2-3-11(14)9-4-5-12(15)13(16)10(9)6-8-14;/h4-5,11H,2-3,6-8H2,1H3;1H/t11-,14-;/m1./s1. The summed E-state index contributed by atoms with van der Waals surface area (Å²) >= 11 is 12.4. The fourth-order valence-electron chi connectivity index (χ4n) is 3.66. The first-order chi connectivity index (χ1) is 7.62. The molecule has 1 saturated carbocycles. The molecule has 17 heavy (non-hydrogen) atoms. The summed E-state index contributed by atoms with van der Waals surface area (Å²) in [6, 6.07) is 4.17. The molecule has 3 heteroatoms. The van der Waals surface area contributed by atoms with Crippen LogP contribution >= 0.6 is 35.6 Å². The van der Waals surface area contributed by atoms with Gasteiger partial charge in [0, 0.05) is 0 Å². The van der Waals surface area contributed by atoms with Gasteiger partial charge in [-0.15, -0.1) is 12.4 Å². The Morgan fingerprint density at radius 3 is 2.76 bits per heavy atom. The average Bonchev–Trinajstić information content (AvgIpc) is 2.65. The van der Waals surface area contributed by atoms with Crippen molar-refractivity contribution in [3.05, 3.63) is 33.3 Å². The molecule has 0 saturated heterocycles. The number of rotatable bonds is 0. The third-order valence-electron chi connectivity index (χ3n) is 4.64. The third-order valence-corrected chi connectivity index (χ3v) is 5.48. The smallest absolute Gasteiger partial charge is 0.0627 e. The summed E-state index contributed by atoms with van der Waals surface area (Å²) in [6.45, 7) is 2.44. The number of fused-ring (bicyclic) bond motifs is 3. The Morgan fingerprint density at radius 2 is 2.00 bits per heavy atom. The monoisotopic (exact) mass is 290 g/mol. The van der Waals surface area contributed by atoms with E-state index in [1.165, 1.54) is 36.8 Å². The van der Waals surface area contributed by atoms with Crippen LogP contribution in [0.25, 0.3) is 0 Å². The normalized spacial score (nSPS) is 30.4. The second kappa shape index (κ2) is 4.64. The lowest BCUT2D eigenvalue weighted by atomic mass is 9.67. The van der Waals surface area contributed by atoms with Crippen molar-refractivity contribution in [2.24, 2.45) is 5.41 Å². The largest absolute Gasteiger partial charge is 0.147 e. The average molecular weight is 292 g/mol. The molecule has 2 aliphatic carbocycles. The van der Waals surface area contributed by atoms with E-state index >= 15 is 0 Å². The van der Waals surface area contributed by atoms with Crippen LogP contribution in [0.4, 0.5) is 0 Å². The van der Waals surface area contributed by atoms with Gasteiger partial charge in [-0.1, -0.05) is 42.6 Å². The van der Waals surface area contributed by atoms with Crippen molar-refractivity contribution in [3.8, 4) is 0 Å². The molecule has 1 fully saturated rings. The fraction of sp³-hybridized carbons (Fsp3) is 0.571.